The summed E-state index contributed by atoms with van der Waals surface area (Å²) in [6.45, 7) is 4.85. The predicted molar refractivity (Wildman–Crippen MR) is 58.6 cm³/mol. The number of hydrogen-bond donors (Lipinski definition) is 0. The Balaban J connectivity index is 2.33. The van der Waals surface area contributed by atoms with Crippen LogP contribution in [0.15, 0.2) is 18.5 Å². The molecular weight excluding hydrogens is 174 g/mol. The van der Waals surface area contributed by atoms with E-state index < -0.39 is 0 Å². The summed E-state index contributed by atoms with van der Waals surface area (Å²) >= 11 is 0. The zero-order valence-corrected chi connectivity index (χ0v) is 9.12. The van der Waals surface area contributed by atoms with Crippen LogP contribution in [-0.2, 0) is 6.54 Å². The highest BCUT2D eigenvalue weighted by Crippen LogP contribution is 2.05. The lowest BCUT2D eigenvalue weighted by Gasteiger charge is -2.01. The van der Waals surface area contributed by atoms with Gasteiger partial charge in [-0.1, -0.05) is 26.2 Å². The van der Waals surface area contributed by atoms with Gasteiger partial charge in [-0.05, 0) is 19.4 Å². The first-order valence-corrected chi connectivity index (χ1v) is 5.40. The van der Waals surface area contributed by atoms with E-state index in [0.717, 1.165) is 12.1 Å². The Labute approximate surface area is 85.9 Å². The van der Waals surface area contributed by atoms with E-state index >= 15 is 0 Å². The van der Waals surface area contributed by atoms with Crippen molar-refractivity contribution in [3.63, 3.8) is 0 Å². The van der Waals surface area contributed by atoms with E-state index in [-0.39, 0.29) is 5.78 Å². The molecule has 14 heavy (non-hydrogen) atoms. The van der Waals surface area contributed by atoms with Crippen LogP contribution in [0, 0.1) is 0 Å². The molecule has 1 aromatic heterocycles. The molecular formula is C12H19NO. The lowest BCUT2D eigenvalue weighted by Crippen LogP contribution is -1.95. The van der Waals surface area contributed by atoms with E-state index in [2.05, 4.69) is 11.5 Å². The molecule has 2 nitrogen and oxygen atoms in total. The molecule has 1 rings (SSSR count). The van der Waals surface area contributed by atoms with Gasteiger partial charge in [0, 0.05) is 24.5 Å². The average molecular weight is 193 g/mol. The highest BCUT2D eigenvalue weighted by molar-refractivity contribution is 5.93. The van der Waals surface area contributed by atoms with Crippen LogP contribution in [-0.4, -0.2) is 10.4 Å². The van der Waals surface area contributed by atoms with Gasteiger partial charge in [0.05, 0.1) is 0 Å². The van der Waals surface area contributed by atoms with Crippen LogP contribution in [0.2, 0.25) is 0 Å². The number of aryl methyl sites for hydroxylation is 1. The fourth-order valence-electron chi connectivity index (χ4n) is 1.51. The molecule has 0 aliphatic carbocycles. The Morgan fingerprint density at radius 2 is 2.14 bits per heavy atom. The predicted octanol–water partition coefficient (Wildman–Crippen LogP) is 3.27. The van der Waals surface area contributed by atoms with Gasteiger partial charge >= 0.3 is 0 Å². The zero-order valence-electron chi connectivity index (χ0n) is 9.12. The Kier molecular flexibility index (Phi) is 4.44. The number of carbonyl (C=O) groups excluding carboxylic acids is 1. The van der Waals surface area contributed by atoms with Crippen molar-refractivity contribution >= 4 is 5.78 Å². The van der Waals surface area contributed by atoms with Crippen LogP contribution >= 0.6 is 0 Å². The topological polar surface area (TPSA) is 22.0 Å². The molecule has 0 aliphatic heterocycles. The van der Waals surface area contributed by atoms with Gasteiger partial charge in [-0.25, -0.2) is 0 Å². The van der Waals surface area contributed by atoms with E-state index in [4.69, 9.17) is 0 Å². The molecule has 0 radical (unpaired) electrons. The Hall–Kier alpha value is -1.05. The van der Waals surface area contributed by atoms with Crippen molar-refractivity contribution in [3.05, 3.63) is 24.0 Å². The number of ketones is 1. The maximum Gasteiger partial charge on any atom is 0.161 e. The Morgan fingerprint density at radius 3 is 2.71 bits per heavy atom. The SMILES string of the molecule is CCCCCCn1ccc(C(C)=O)c1. The summed E-state index contributed by atoms with van der Waals surface area (Å²) in [4.78, 5) is 11.0. The third kappa shape index (κ3) is 3.36. The number of aromatic nitrogens is 1. The summed E-state index contributed by atoms with van der Waals surface area (Å²) in [7, 11) is 0. The lowest BCUT2D eigenvalue weighted by atomic mass is 10.2. The average Bonchev–Trinajstić information content (AvgIpc) is 2.61. The molecule has 1 heterocycles. The second-order valence-corrected chi connectivity index (χ2v) is 3.75. The normalized spacial score (nSPS) is 10.4. The van der Waals surface area contributed by atoms with Gasteiger partial charge in [0.2, 0.25) is 0 Å². The molecule has 0 unspecified atom stereocenters. The second-order valence-electron chi connectivity index (χ2n) is 3.75. The maximum atomic E-state index is 11.0. The monoisotopic (exact) mass is 193 g/mol. The van der Waals surface area contributed by atoms with Crippen molar-refractivity contribution in [2.75, 3.05) is 0 Å². The third-order valence-corrected chi connectivity index (χ3v) is 2.43. The van der Waals surface area contributed by atoms with Gasteiger partial charge in [-0.3, -0.25) is 4.79 Å². The van der Waals surface area contributed by atoms with E-state index in [1.165, 1.54) is 25.7 Å². The van der Waals surface area contributed by atoms with Crippen molar-refractivity contribution in [3.8, 4) is 0 Å². The highest BCUT2D eigenvalue weighted by atomic mass is 16.1. The molecule has 0 amide bonds. The summed E-state index contributed by atoms with van der Waals surface area (Å²) in [5.41, 5.74) is 0.820. The summed E-state index contributed by atoms with van der Waals surface area (Å²) in [5, 5.41) is 0. The standard InChI is InChI=1S/C12H19NO/c1-3-4-5-6-8-13-9-7-12(10-13)11(2)14/h7,9-10H,3-6,8H2,1-2H3. The van der Waals surface area contributed by atoms with Gasteiger partial charge in [0.1, 0.15) is 0 Å². The van der Waals surface area contributed by atoms with E-state index in [1.807, 2.05) is 18.5 Å². The number of rotatable bonds is 6. The molecule has 0 atom stereocenters. The van der Waals surface area contributed by atoms with Crippen LogP contribution in [0.25, 0.3) is 0 Å². The van der Waals surface area contributed by atoms with Gasteiger partial charge in [-0.2, -0.15) is 0 Å². The van der Waals surface area contributed by atoms with Crippen molar-refractivity contribution in [2.45, 2.75) is 46.1 Å². The molecule has 0 saturated carbocycles. The fraction of sp³-hybridized carbons (Fsp3) is 0.583. The molecule has 0 N–H and O–H groups in total. The fourth-order valence-corrected chi connectivity index (χ4v) is 1.51. The van der Waals surface area contributed by atoms with Crippen molar-refractivity contribution in [1.82, 2.24) is 4.57 Å². The van der Waals surface area contributed by atoms with Crippen molar-refractivity contribution < 1.29 is 4.79 Å². The Bertz CT molecular complexity index is 288. The van der Waals surface area contributed by atoms with Gasteiger partial charge < -0.3 is 4.57 Å². The highest BCUT2D eigenvalue weighted by Gasteiger charge is 2.00. The van der Waals surface area contributed by atoms with Crippen LogP contribution in [0.1, 0.15) is 49.9 Å². The van der Waals surface area contributed by atoms with Crippen LogP contribution < -0.4 is 0 Å². The van der Waals surface area contributed by atoms with Crippen LogP contribution in [0.5, 0.6) is 0 Å². The van der Waals surface area contributed by atoms with E-state index in [9.17, 15) is 4.79 Å². The van der Waals surface area contributed by atoms with Gasteiger partial charge in [-0.15, -0.1) is 0 Å². The molecule has 78 valence electrons. The maximum absolute atomic E-state index is 11.0. The minimum atomic E-state index is 0.150. The number of carbonyl (C=O) groups is 1. The largest absolute Gasteiger partial charge is 0.354 e. The minimum absolute atomic E-state index is 0.150. The van der Waals surface area contributed by atoms with Crippen LogP contribution in [0.4, 0.5) is 0 Å². The second kappa shape index (κ2) is 5.63. The first kappa shape index (κ1) is 11.0. The lowest BCUT2D eigenvalue weighted by molar-refractivity contribution is 0.101. The summed E-state index contributed by atoms with van der Waals surface area (Å²) < 4.78 is 2.10. The number of hydrogen-bond acceptors (Lipinski definition) is 1. The van der Waals surface area contributed by atoms with Gasteiger partial charge in [0.15, 0.2) is 5.78 Å². The zero-order chi connectivity index (χ0) is 10.4. The van der Waals surface area contributed by atoms with Crippen molar-refractivity contribution in [2.24, 2.45) is 0 Å². The van der Waals surface area contributed by atoms with Gasteiger partial charge in [0.25, 0.3) is 0 Å². The minimum Gasteiger partial charge on any atom is -0.354 e. The van der Waals surface area contributed by atoms with E-state index in [1.54, 1.807) is 6.92 Å². The molecule has 2 heteroatoms. The van der Waals surface area contributed by atoms with Crippen LogP contribution in [0.3, 0.4) is 0 Å². The first-order valence-electron chi connectivity index (χ1n) is 5.40. The molecule has 0 fully saturated rings. The molecule has 1 aromatic rings. The Morgan fingerprint density at radius 1 is 1.36 bits per heavy atom. The van der Waals surface area contributed by atoms with E-state index in [0.29, 0.717) is 0 Å². The first-order chi connectivity index (χ1) is 6.74. The molecule has 0 aliphatic rings. The summed E-state index contributed by atoms with van der Waals surface area (Å²) in [6, 6.07) is 1.89. The molecule has 0 bridgehead atoms. The third-order valence-electron chi connectivity index (χ3n) is 2.43. The molecule has 0 spiro atoms. The smallest absolute Gasteiger partial charge is 0.161 e. The number of nitrogens with zero attached hydrogens (tertiary/aromatic N) is 1. The summed E-state index contributed by atoms with van der Waals surface area (Å²) in [5.74, 6) is 0.150. The quantitative estimate of drug-likeness (QED) is 0.502. The number of unbranched alkanes of at least 4 members (excludes halogenated alkanes) is 3. The summed E-state index contributed by atoms with van der Waals surface area (Å²) in [6.07, 6.45) is 8.99. The van der Waals surface area contributed by atoms with Crippen molar-refractivity contribution in [1.29, 1.82) is 0 Å². The molecule has 0 aromatic carbocycles. The molecule has 0 saturated heterocycles. The number of Topliss-reactive ketones (excluding diaryl/α,β-unsaturated/α-hetero) is 1.